The Kier molecular flexibility index (Phi) is 6.62. The van der Waals surface area contributed by atoms with Crippen molar-refractivity contribution in [2.45, 2.75) is 19.9 Å². The Morgan fingerprint density at radius 1 is 1.22 bits per heavy atom. The van der Waals surface area contributed by atoms with Crippen molar-refractivity contribution in [2.75, 3.05) is 25.6 Å². The maximum atomic E-state index is 12.7. The van der Waals surface area contributed by atoms with Crippen LogP contribution in [0.5, 0.6) is 5.75 Å². The number of esters is 1. The lowest BCUT2D eigenvalue weighted by atomic mass is 10.1. The first-order valence-corrected chi connectivity index (χ1v) is 11.0. The van der Waals surface area contributed by atoms with Crippen LogP contribution in [0.1, 0.15) is 28.7 Å². The number of rotatable bonds is 5. The second-order valence-corrected chi connectivity index (χ2v) is 8.01. The van der Waals surface area contributed by atoms with Gasteiger partial charge in [0.2, 0.25) is 0 Å². The average molecular weight is 471 g/mol. The number of carbonyl (C=O) groups is 1. The van der Waals surface area contributed by atoms with Crippen LogP contribution in [0.15, 0.2) is 48.5 Å². The normalized spacial score (nSPS) is 12.8. The van der Waals surface area contributed by atoms with E-state index in [4.69, 9.17) is 33.3 Å². The SMILES string of the molecule is CCOC(=O)c1nn(-c2ccc(Cl)cc2)c2c1CN(C(=S)Nc1ccccc1OC)CC2. The number of anilines is 1. The smallest absolute Gasteiger partial charge is 0.359 e. The number of benzene rings is 2. The van der Waals surface area contributed by atoms with Gasteiger partial charge in [-0.15, -0.1) is 0 Å². The van der Waals surface area contributed by atoms with Gasteiger partial charge in [-0.25, -0.2) is 9.48 Å². The zero-order valence-electron chi connectivity index (χ0n) is 17.8. The molecule has 0 spiro atoms. The summed E-state index contributed by atoms with van der Waals surface area (Å²) in [5, 5.41) is 9.05. The third-order valence-corrected chi connectivity index (χ3v) is 5.85. The van der Waals surface area contributed by atoms with Gasteiger partial charge in [-0.3, -0.25) is 0 Å². The van der Waals surface area contributed by atoms with Gasteiger partial charge in [-0.1, -0.05) is 23.7 Å². The molecule has 1 aliphatic rings. The molecule has 1 N–H and O–H groups in total. The van der Waals surface area contributed by atoms with E-state index in [0.29, 0.717) is 41.1 Å². The van der Waals surface area contributed by atoms with Crippen LogP contribution >= 0.6 is 23.8 Å². The number of hydrogen-bond donors (Lipinski definition) is 1. The van der Waals surface area contributed by atoms with Gasteiger partial charge in [0.15, 0.2) is 10.8 Å². The van der Waals surface area contributed by atoms with Crippen LogP contribution < -0.4 is 10.1 Å². The van der Waals surface area contributed by atoms with Crippen LogP contribution in [0.3, 0.4) is 0 Å². The van der Waals surface area contributed by atoms with E-state index in [1.807, 2.05) is 41.3 Å². The fraction of sp³-hybridized carbons (Fsp3) is 0.261. The van der Waals surface area contributed by atoms with Crippen LogP contribution in [0.25, 0.3) is 5.69 Å². The average Bonchev–Trinajstić information content (AvgIpc) is 3.19. The van der Waals surface area contributed by atoms with Gasteiger partial charge in [0.1, 0.15) is 5.75 Å². The molecule has 1 aliphatic heterocycles. The van der Waals surface area contributed by atoms with Crippen molar-refractivity contribution in [1.29, 1.82) is 0 Å². The van der Waals surface area contributed by atoms with E-state index < -0.39 is 5.97 Å². The number of ether oxygens (including phenoxy) is 2. The standard InChI is InChI=1S/C23H23ClN4O3S/c1-3-31-22(29)21-17-14-27(23(32)25-18-6-4-5-7-20(18)30-2)13-12-19(17)28(26-21)16-10-8-15(24)9-11-16/h4-11H,3,12-14H2,1-2H3,(H,25,32). The van der Waals surface area contributed by atoms with Gasteiger partial charge in [0.25, 0.3) is 0 Å². The number of para-hydroxylation sites is 2. The van der Waals surface area contributed by atoms with E-state index in [-0.39, 0.29) is 6.61 Å². The van der Waals surface area contributed by atoms with Crippen LogP contribution in [-0.4, -0.2) is 46.0 Å². The van der Waals surface area contributed by atoms with Crippen LogP contribution in [-0.2, 0) is 17.7 Å². The van der Waals surface area contributed by atoms with Gasteiger partial charge in [-0.05, 0) is 55.5 Å². The molecule has 0 aliphatic carbocycles. The summed E-state index contributed by atoms with van der Waals surface area (Å²) in [7, 11) is 1.62. The van der Waals surface area contributed by atoms with E-state index in [0.717, 1.165) is 22.6 Å². The van der Waals surface area contributed by atoms with Gasteiger partial charge < -0.3 is 19.7 Å². The molecule has 3 aromatic rings. The van der Waals surface area contributed by atoms with Gasteiger partial charge in [-0.2, -0.15) is 5.10 Å². The van der Waals surface area contributed by atoms with E-state index in [1.165, 1.54) is 0 Å². The Bertz CT molecular complexity index is 1150. The van der Waals surface area contributed by atoms with Crippen LogP contribution in [0, 0.1) is 0 Å². The molecule has 0 atom stereocenters. The molecule has 166 valence electrons. The van der Waals surface area contributed by atoms with Crippen molar-refractivity contribution in [3.05, 3.63) is 70.5 Å². The molecular formula is C23H23ClN4O3S. The highest BCUT2D eigenvalue weighted by Gasteiger charge is 2.30. The summed E-state index contributed by atoms with van der Waals surface area (Å²) in [4.78, 5) is 14.7. The molecule has 9 heteroatoms. The first kappa shape index (κ1) is 22.1. The largest absolute Gasteiger partial charge is 0.495 e. The molecule has 0 radical (unpaired) electrons. The Balaban J connectivity index is 1.64. The zero-order valence-corrected chi connectivity index (χ0v) is 19.4. The number of methoxy groups -OCH3 is 1. The molecule has 0 unspecified atom stereocenters. The molecule has 0 bridgehead atoms. The van der Waals surface area contributed by atoms with Crippen LogP contribution in [0.4, 0.5) is 5.69 Å². The zero-order chi connectivity index (χ0) is 22.7. The van der Waals surface area contributed by atoms with Crippen LogP contribution in [0.2, 0.25) is 5.02 Å². The monoisotopic (exact) mass is 470 g/mol. The minimum absolute atomic E-state index is 0.277. The summed E-state index contributed by atoms with van der Waals surface area (Å²) in [6, 6.07) is 15.0. The highest BCUT2D eigenvalue weighted by molar-refractivity contribution is 7.80. The Labute approximate surface area is 196 Å². The maximum Gasteiger partial charge on any atom is 0.359 e. The minimum atomic E-state index is -0.443. The van der Waals surface area contributed by atoms with Crippen molar-refractivity contribution in [1.82, 2.24) is 14.7 Å². The molecular weight excluding hydrogens is 448 g/mol. The van der Waals surface area contributed by atoms with Gasteiger partial charge in [0, 0.05) is 30.1 Å². The van der Waals surface area contributed by atoms with E-state index in [1.54, 1.807) is 30.8 Å². The predicted octanol–water partition coefficient (Wildman–Crippen LogP) is 4.47. The highest BCUT2D eigenvalue weighted by atomic mass is 35.5. The van der Waals surface area contributed by atoms with Gasteiger partial charge in [0.05, 0.1) is 30.8 Å². The molecule has 0 saturated carbocycles. The summed E-state index contributed by atoms with van der Waals surface area (Å²) in [5.74, 6) is 0.261. The number of fused-ring (bicyclic) bond motifs is 1. The van der Waals surface area contributed by atoms with Gasteiger partial charge >= 0.3 is 5.97 Å². The third kappa shape index (κ3) is 4.42. The summed E-state index contributed by atoms with van der Waals surface area (Å²) < 4.78 is 12.5. The summed E-state index contributed by atoms with van der Waals surface area (Å²) in [6.07, 6.45) is 0.665. The Hall–Kier alpha value is -3.10. The number of carbonyl (C=O) groups excluding carboxylic acids is 1. The van der Waals surface area contributed by atoms with E-state index in [9.17, 15) is 4.79 Å². The number of halogens is 1. The van der Waals surface area contributed by atoms with E-state index in [2.05, 4.69) is 10.4 Å². The Morgan fingerprint density at radius 3 is 2.69 bits per heavy atom. The first-order chi connectivity index (χ1) is 15.5. The molecule has 1 aromatic heterocycles. The maximum absolute atomic E-state index is 12.7. The predicted molar refractivity (Wildman–Crippen MR) is 128 cm³/mol. The molecule has 7 nitrogen and oxygen atoms in total. The lowest BCUT2D eigenvalue weighted by molar-refractivity contribution is 0.0517. The van der Waals surface area contributed by atoms with Crippen molar-refractivity contribution < 1.29 is 14.3 Å². The molecule has 0 fully saturated rings. The lowest BCUT2D eigenvalue weighted by Gasteiger charge is -2.30. The molecule has 2 aromatic carbocycles. The highest BCUT2D eigenvalue weighted by Crippen LogP contribution is 2.28. The summed E-state index contributed by atoms with van der Waals surface area (Å²) >= 11 is 11.7. The second-order valence-electron chi connectivity index (χ2n) is 7.18. The third-order valence-electron chi connectivity index (χ3n) is 5.23. The fourth-order valence-electron chi connectivity index (χ4n) is 3.69. The number of nitrogens with zero attached hydrogens (tertiary/aromatic N) is 3. The molecule has 32 heavy (non-hydrogen) atoms. The quantitative estimate of drug-likeness (QED) is 0.436. The Morgan fingerprint density at radius 2 is 1.97 bits per heavy atom. The molecule has 0 amide bonds. The molecule has 0 saturated heterocycles. The molecule has 4 rings (SSSR count). The number of thiocarbonyl (C=S) groups is 1. The fourth-order valence-corrected chi connectivity index (χ4v) is 4.09. The van der Waals surface area contributed by atoms with Crippen molar-refractivity contribution in [3.8, 4) is 11.4 Å². The van der Waals surface area contributed by atoms with E-state index >= 15 is 0 Å². The topological polar surface area (TPSA) is 68.6 Å². The minimum Gasteiger partial charge on any atom is -0.495 e. The number of hydrogen-bond acceptors (Lipinski definition) is 5. The second kappa shape index (κ2) is 9.58. The first-order valence-electron chi connectivity index (χ1n) is 10.2. The van der Waals surface area contributed by atoms with Crippen molar-refractivity contribution >= 4 is 40.6 Å². The summed E-state index contributed by atoms with van der Waals surface area (Å²) in [5.41, 5.74) is 3.71. The summed E-state index contributed by atoms with van der Waals surface area (Å²) in [6.45, 7) is 3.17. The molecule has 2 heterocycles. The van der Waals surface area contributed by atoms with Crippen molar-refractivity contribution in [3.63, 3.8) is 0 Å². The van der Waals surface area contributed by atoms with Crippen molar-refractivity contribution in [2.24, 2.45) is 0 Å². The number of nitrogens with one attached hydrogen (secondary N) is 1. The lowest BCUT2D eigenvalue weighted by Crippen LogP contribution is -2.39. The number of aromatic nitrogens is 2.